The van der Waals surface area contributed by atoms with Crippen LogP contribution in [-0.4, -0.2) is 16.7 Å². The summed E-state index contributed by atoms with van der Waals surface area (Å²) in [5.41, 5.74) is 6.18. The molecule has 0 saturated heterocycles. The van der Waals surface area contributed by atoms with Gasteiger partial charge in [0.25, 0.3) is 0 Å². The van der Waals surface area contributed by atoms with Crippen LogP contribution in [0, 0.1) is 5.82 Å². The third-order valence-corrected chi connectivity index (χ3v) is 2.12. The Hall–Kier alpha value is -1.75. The maximum absolute atomic E-state index is 12.9. The topological polar surface area (TPSA) is 64.9 Å². The molecule has 0 fully saturated rings. The number of hydrogen-bond acceptors (Lipinski definition) is 4. The van der Waals surface area contributed by atoms with Gasteiger partial charge in [-0.1, -0.05) is 17.3 Å². The lowest BCUT2D eigenvalue weighted by Gasteiger charge is -1.95. The fourth-order valence-electron chi connectivity index (χ4n) is 1.41. The quantitative estimate of drug-likeness (QED) is 0.845. The molecule has 0 bridgehead atoms. The molecule has 5 heteroatoms. The summed E-state index contributed by atoms with van der Waals surface area (Å²) in [6.07, 6.45) is 1.03. The lowest BCUT2D eigenvalue weighted by molar-refractivity contribution is 0.379. The number of aromatic nitrogens is 2. The van der Waals surface area contributed by atoms with Gasteiger partial charge in [0, 0.05) is 6.42 Å². The van der Waals surface area contributed by atoms with Crippen LogP contribution in [0.4, 0.5) is 4.39 Å². The van der Waals surface area contributed by atoms with Gasteiger partial charge in [0.15, 0.2) is 5.82 Å². The van der Waals surface area contributed by atoms with Gasteiger partial charge < -0.3 is 10.3 Å². The van der Waals surface area contributed by atoms with Gasteiger partial charge in [0.1, 0.15) is 5.82 Å². The summed E-state index contributed by atoms with van der Waals surface area (Å²) < 4.78 is 17.9. The van der Waals surface area contributed by atoms with E-state index in [2.05, 4.69) is 10.1 Å². The van der Waals surface area contributed by atoms with Crippen LogP contribution < -0.4 is 5.73 Å². The van der Waals surface area contributed by atoms with E-state index in [4.69, 9.17) is 10.3 Å². The summed E-state index contributed by atoms with van der Waals surface area (Å²) in [7, 11) is 0. The first kappa shape index (κ1) is 10.8. The molecule has 0 aliphatic heterocycles. The molecular formula is C11H12FN3O. The van der Waals surface area contributed by atoms with Gasteiger partial charge in [-0.05, 0) is 24.2 Å². The monoisotopic (exact) mass is 221 g/mol. The van der Waals surface area contributed by atoms with Crippen LogP contribution in [-0.2, 0) is 12.8 Å². The minimum Gasteiger partial charge on any atom is -0.339 e. The Morgan fingerprint density at radius 1 is 1.38 bits per heavy atom. The van der Waals surface area contributed by atoms with Gasteiger partial charge >= 0.3 is 0 Å². The van der Waals surface area contributed by atoms with Crippen LogP contribution in [0.25, 0.3) is 0 Å². The highest BCUT2D eigenvalue weighted by molar-refractivity contribution is 5.19. The molecule has 0 amide bonds. The summed E-state index contributed by atoms with van der Waals surface area (Å²) in [5, 5.41) is 3.76. The second-order valence-electron chi connectivity index (χ2n) is 3.45. The SMILES string of the molecule is NCCc1noc(Cc2cccc(F)c2)n1. The molecule has 0 unspecified atom stereocenters. The Balaban J connectivity index is 2.08. The predicted octanol–water partition coefficient (Wildman–Crippen LogP) is 1.30. The molecule has 2 N–H and O–H groups in total. The van der Waals surface area contributed by atoms with Crippen molar-refractivity contribution in [1.29, 1.82) is 0 Å². The van der Waals surface area contributed by atoms with E-state index in [-0.39, 0.29) is 5.82 Å². The minimum atomic E-state index is -0.265. The average Bonchev–Trinajstić information content (AvgIpc) is 2.66. The lowest BCUT2D eigenvalue weighted by atomic mass is 10.1. The van der Waals surface area contributed by atoms with E-state index in [1.165, 1.54) is 12.1 Å². The van der Waals surface area contributed by atoms with E-state index in [9.17, 15) is 4.39 Å². The molecule has 2 rings (SSSR count). The number of nitrogens with zero attached hydrogens (tertiary/aromatic N) is 2. The molecule has 16 heavy (non-hydrogen) atoms. The van der Waals surface area contributed by atoms with Crippen LogP contribution in [0.5, 0.6) is 0 Å². The third kappa shape index (κ3) is 2.64. The Kier molecular flexibility index (Phi) is 3.26. The highest BCUT2D eigenvalue weighted by Crippen LogP contribution is 2.09. The fraction of sp³-hybridized carbons (Fsp3) is 0.273. The van der Waals surface area contributed by atoms with Crippen LogP contribution >= 0.6 is 0 Å². The zero-order valence-electron chi connectivity index (χ0n) is 8.69. The Bertz CT molecular complexity index is 470. The number of hydrogen-bond donors (Lipinski definition) is 1. The molecule has 1 heterocycles. The van der Waals surface area contributed by atoms with E-state index >= 15 is 0 Å². The second-order valence-corrected chi connectivity index (χ2v) is 3.45. The first-order chi connectivity index (χ1) is 7.78. The van der Waals surface area contributed by atoms with E-state index < -0.39 is 0 Å². The van der Waals surface area contributed by atoms with Crippen molar-refractivity contribution < 1.29 is 8.91 Å². The smallest absolute Gasteiger partial charge is 0.231 e. The van der Waals surface area contributed by atoms with E-state index in [0.29, 0.717) is 31.1 Å². The molecule has 4 nitrogen and oxygen atoms in total. The largest absolute Gasteiger partial charge is 0.339 e. The molecule has 0 aliphatic carbocycles. The highest BCUT2D eigenvalue weighted by atomic mass is 19.1. The summed E-state index contributed by atoms with van der Waals surface area (Å²) in [6.45, 7) is 0.485. The van der Waals surface area contributed by atoms with Crippen molar-refractivity contribution >= 4 is 0 Å². The normalized spacial score (nSPS) is 10.6. The maximum atomic E-state index is 12.9. The van der Waals surface area contributed by atoms with E-state index in [0.717, 1.165) is 5.56 Å². The summed E-state index contributed by atoms with van der Waals surface area (Å²) in [4.78, 5) is 4.14. The standard InChI is InChI=1S/C11H12FN3O/c12-9-3-1-2-8(6-9)7-11-14-10(4-5-13)15-16-11/h1-3,6H,4-5,7,13H2. The Morgan fingerprint density at radius 3 is 3.00 bits per heavy atom. The zero-order chi connectivity index (χ0) is 11.4. The molecule has 2 aromatic rings. The van der Waals surface area contributed by atoms with Crippen molar-refractivity contribution in [3.63, 3.8) is 0 Å². The van der Waals surface area contributed by atoms with Crippen LogP contribution in [0.1, 0.15) is 17.3 Å². The summed E-state index contributed by atoms with van der Waals surface area (Å²) in [6, 6.07) is 6.32. The van der Waals surface area contributed by atoms with Crippen LogP contribution in [0.15, 0.2) is 28.8 Å². The number of benzene rings is 1. The molecule has 0 radical (unpaired) electrons. The third-order valence-electron chi connectivity index (χ3n) is 2.12. The predicted molar refractivity (Wildman–Crippen MR) is 56.3 cm³/mol. The lowest BCUT2D eigenvalue weighted by Crippen LogP contribution is -2.04. The van der Waals surface area contributed by atoms with Crippen molar-refractivity contribution in [2.24, 2.45) is 5.73 Å². The van der Waals surface area contributed by atoms with Gasteiger partial charge in [-0.25, -0.2) is 4.39 Å². The van der Waals surface area contributed by atoms with Crippen molar-refractivity contribution in [2.45, 2.75) is 12.8 Å². The molecule has 0 aliphatic rings. The zero-order valence-corrected chi connectivity index (χ0v) is 8.69. The number of nitrogens with two attached hydrogens (primary N) is 1. The first-order valence-corrected chi connectivity index (χ1v) is 5.04. The average molecular weight is 221 g/mol. The first-order valence-electron chi connectivity index (χ1n) is 5.04. The number of halogens is 1. The minimum absolute atomic E-state index is 0.265. The van der Waals surface area contributed by atoms with Crippen LogP contribution in [0.3, 0.4) is 0 Å². The van der Waals surface area contributed by atoms with Crippen molar-refractivity contribution in [2.75, 3.05) is 6.54 Å². The fourth-order valence-corrected chi connectivity index (χ4v) is 1.41. The Morgan fingerprint density at radius 2 is 2.25 bits per heavy atom. The van der Waals surface area contributed by atoms with Gasteiger partial charge in [-0.15, -0.1) is 0 Å². The van der Waals surface area contributed by atoms with Gasteiger partial charge in [-0.3, -0.25) is 0 Å². The summed E-state index contributed by atoms with van der Waals surface area (Å²) >= 11 is 0. The summed E-state index contributed by atoms with van der Waals surface area (Å²) in [5.74, 6) is 0.808. The Labute approximate surface area is 92.3 Å². The van der Waals surface area contributed by atoms with Gasteiger partial charge in [0.05, 0.1) is 6.42 Å². The molecule has 1 aromatic heterocycles. The van der Waals surface area contributed by atoms with Crippen molar-refractivity contribution in [3.8, 4) is 0 Å². The maximum Gasteiger partial charge on any atom is 0.231 e. The molecule has 1 aromatic carbocycles. The highest BCUT2D eigenvalue weighted by Gasteiger charge is 2.06. The van der Waals surface area contributed by atoms with E-state index in [1.54, 1.807) is 6.07 Å². The number of rotatable bonds is 4. The van der Waals surface area contributed by atoms with Gasteiger partial charge in [0.2, 0.25) is 5.89 Å². The molecular weight excluding hydrogens is 209 g/mol. The molecule has 0 atom stereocenters. The molecule has 0 saturated carbocycles. The van der Waals surface area contributed by atoms with Gasteiger partial charge in [-0.2, -0.15) is 4.98 Å². The van der Waals surface area contributed by atoms with Crippen LogP contribution in [0.2, 0.25) is 0 Å². The molecule has 0 spiro atoms. The molecule has 84 valence electrons. The second kappa shape index (κ2) is 4.85. The van der Waals surface area contributed by atoms with E-state index in [1.807, 2.05) is 6.07 Å². The van der Waals surface area contributed by atoms with Crippen molar-refractivity contribution in [3.05, 3.63) is 47.4 Å². The van der Waals surface area contributed by atoms with Crippen molar-refractivity contribution in [1.82, 2.24) is 10.1 Å².